The van der Waals surface area contributed by atoms with Crippen LogP contribution >= 0.6 is 0 Å². The summed E-state index contributed by atoms with van der Waals surface area (Å²) in [5.41, 5.74) is 7.74. The number of rotatable bonds is 6. The number of carbonyl (C=O) groups excluding carboxylic acids is 2. The van der Waals surface area contributed by atoms with Gasteiger partial charge in [0.25, 0.3) is 0 Å². The lowest BCUT2D eigenvalue weighted by Crippen LogP contribution is -2.55. The predicted octanol–water partition coefficient (Wildman–Crippen LogP) is 0.918. The molecule has 1 aromatic carbocycles. The van der Waals surface area contributed by atoms with Crippen LogP contribution in [0.3, 0.4) is 0 Å². The molecule has 2 rings (SSSR count). The van der Waals surface area contributed by atoms with Gasteiger partial charge in [-0.2, -0.15) is 0 Å². The number of nitrogens with one attached hydrogen (secondary N) is 1. The minimum atomic E-state index is -0.542. The molecule has 1 aliphatic heterocycles. The number of piperazine rings is 1. The number of amides is 2. The molecule has 0 spiro atoms. The fraction of sp³-hybridized carbons (Fsp3) is 0.579. The third-order valence-electron chi connectivity index (χ3n) is 4.96. The van der Waals surface area contributed by atoms with E-state index in [9.17, 15) is 9.59 Å². The standard InChI is InChI=1S/C19H30N4O2/c1-4-17(24)21-18(19(25)23-11-9-22(3)10-12-23)14(2)16-7-5-15(13-20)6-8-16/h5-8,14,18H,4,9-13,20H2,1-3H3,(H,21,24)/t14-,18+/m0/s1. The molecule has 1 aromatic rings. The van der Waals surface area contributed by atoms with E-state index in [1.165, 1.54) is 0 Å². The van der Waals surface area contributed by atoms with Crippen molar-refractivity contribution in [2.75, 3.05) is 33.2 Å². The molecule has 2 atom stereocenters. The zero-order valence-electron chi connectivity index (χ0n) is 15.5. The first-order valence-electron chi connectivity index (χ1n) is 9.01. The zero-order chi connectivity index (χ0) is 18.4. The summed E-state index contributed by atoms with van der Waals surface area (Å²) in [4.78, 5) is 29.1. The van der Waals surface area contributed by atoms with Crippen LogP contribution in [0.15, 0.2) is 24.3 Å². The van der Waals surface area contributed by atoms with Crippen molar-refractivity contribution in [3.8, 4) is 0 Å². The van der Waals surface area contributed by atoms with Gasteiger partial charge in [0, 0.05) is 45.1 Å². The number of hydrogen-bond acceptors (Lipinski definition) is 4. The van der Waals surface area contributed by atoms with E-state index in [1.807, 2.05) is 36.1 Å². The van der Waals surface area contributed by atoms with Crippen LogP contribution in [-0.4, -0.2) is 60.9 Å². The van der Waals surface area contributed by atoms with Gasteiger partial charge in [0.15, 0.2) is 0 Å². The highest BCUT2D eigenvalue weighted by Crippen LogP contribution is 2.22. The molecule has 6 nitrogen and oxygen atoms in total. The van der Waals surface area contributed by atoms with Crippen molar-refractivity contribution < 1.29 is 9.59 Å². The molecule has 138 valence electrons. The summed E-state index contributed by atoms with van der Waals surface area (Å²) in [6, 6.07) is 7.40. The van der Waals surface area contributed by atoms with Crippen LogP contribution in [-0.2, 0) is 16.1 Å². The Balaban J connectivity index is 2.18. The Morgan fingerprint density at radius 1 is 1.16 bits per heavy atom. The van der Waals surface area contributed by atoms with E-state index in [4.69, 9.17) is 5.73 Å². The first kappa shape index (κ1) is 19.4. The van der Waals surface area contributed by atoms with Crippen LogP contribution < -0.4 is 11.1 Å². The molecule has 0 aliphatic carbocycles. The van der Waals surface area contributed by atoms with Gasteiger partial charge in [0.05, 0.1) is 0 Å². The van der Waals surface area contributed by atoms with Crippen molar-refractivity contribution in [3.63, 3.8) is 0 Å². The minimum absolute atomic E-state index is 0.00491. The SMILES string of the molecule is CCC(=O)N[C@@H](C(=O)N1CCN(C)CC1)[C@@H](C)c1ccc(CN)cc1. The van der Waals surface area contributed by atoms with Crippen LogP contribution in [0, 0.1) is 0 Å². The van der Waals surface area contributed by atoms with E-state index >= 15 is 0 Å². The number of nitrogens with zero attached hydrogens (tertiary/aromatic N) is 2. The molecule has 1 fully saturated rings. The van der Waals surface area contributed by atoms with Gasteiger partial charge in [-0.25, -0.2) is 0 Å². The summed E-state index contributed by atoms with van der Waals surface area (Å²) >= 11 is 0. The second-order valence-corrected chi connectivity index (χ2v) is 6.76. The monoisotopic (exact) mass is 346 g/mol. The summed E-state index contributed by atoms with van der Waals surface area (Å²) in [5.74, 6) is -0.197. The highest BCUT2D eigenvalue weighted by Gasteiger charge is 2.32. The van der Waals surface area contributed by atoms with E-state index in [1.54, 1.807) is 6.92 Å². The number of hydrogen-bond donors (Lipinski definition) is 2. The maximum Gasteiger partial charge on any atom is 0.245 e. The predicted molar refractivity (Wildman–Crippen MR) is 99.0 cm³/mol. The maximum atomic E-state index is 13.1. The molecule has 1 aliphatic rings. The second-order valence-electron chi connectivity index (χ2n) is 6.76. The Morgan fingerprint density at radius 3 is 2.28 bits per heavy atom. The molecule has 6 heteroatoms. The van der Waals surface area contributed by atoms with E-state index < -0.39 is 6.04 Å². The van der Waals surface area contributed by atoms with Crippen LogP contribution in [0.1, 0.15) is 37.3 Å². The number of nitrogens with two attached hydrogens (primary N) is 1. The Labute approximate surface area is 150 Å². The molecule has 1 heterocycles. The topological polar surface area (TPSA) is 78.7 Å². The quantitative estimate of drug-likeness (QED) is 0.803. The average molecular weight is 346 g/mol. The first-order valence-corrected chi connectivity index (χ1v) is 9.01. The molecule has 25 heavy (non-hydrogen) atoms. The van der Waals surface area contributed by atoms with Gasteiger partial charge in [-0.1, -0.05) is 38.1 Å². The van der Waals surface area contributed by atoms with Crippen molar-refractivity contribution in [1.29, 1.82) is 0 Å². The minimum Gasteiger partial charge on any atom is -0.344 e. The smallest absolute Gasteiger partial charge is 0.245 e. The van der Waals surface area contributed by atoms with Crippen molar-refractivity contribution >= 4 is 11.8 Å². The molecule has 0 bridgehead atoms. The third kappa shape index (κ3) is 5.03. The zero-order valence-corrected chi connectivity index (χ0v) is 15.5. The van der Waals surface area contributed by atoms with Gasteiger partial charge in [-0.05, 0) is 18.2 Å². The van der Waals surface area contributed by atoms with Gasteiger partial charge in [-0.3, -0.25) is 9.59 Å². The summed E-state index contributed by atoms with van der Waals surface area (Å²) in [7, 11) is 2.06. The van der Waals surface area contributed by atoms with Crippen LogP contribution in [0.25, 0.3) is 0 Å². The van der Waals surface area contributed by atoms with Gasteiger partial charge in [-0.15, -0.1) is 0 Å². The van der Waals surface area contributed by atoms with E-state index in [-0.39, 0.29) is 17.7 Å². The Morgan fingerprint density at radius 2 is 1.76 bits per heavy atom. The molecule has 0 radical (unpaired) electrons. The maximum absolute atomic E-state index is 13.1. The second kappa shape index (κ2) is 8.97. The summed E-state index contributed by atoms with van der Waals surface area (Å²) in [6.07, 6.45) is 0.366. The number of likely N-dealkylation sites (N-methyl/N-ethyl adjacent to an activating group) is 1. The lowest BCUT2D eigenvalue weighted by molar-refractivity contribution is -0.138. The molecule has 0 unspecified atom stereocenters. The first-order chi connectivity index (χ1) is 12.0. The van der Waals surface area contributed by atoms with E-state index in [0.717, 1.165) is 24.2 Å². The van der Waals surface area contributed by atoms with E-state index in [0.29, 0.717) is 26.1 Å². The van der Waals surface area contributed by atoms with Crippen LogP contribution in [0.4, 0.5) is 0 Å². The van der Waals surface area contributed by atoms with Crippen molar-refractivity contribution in [2.24, 2.45) is 5.73 Å². The molecule has 1 saturated heterocycles. The van der Waals surface area contributed by atoms with Gasteiger partial charge >= 0.3 is 0 Å². The Hall–Kier alpha value is -1.92. The van der Waals surface area contributed by atoms with Crippen molar-refractivity contribution in [1.82, 2.24) is 15.1 Å². The number of benzene rings is 1. The van der Waals surface area contributed by atoms with Gasteiger partial charge in [0.1, 0.15) is 6.04 Å². The summed E-state index contributed by atoms with van der Waals surface area (Å²) in [6.45, 7) is 7.41. The highest BCUT2D eigenvalue weighted by molar-refractivity contribution is 5.88. The fourth-order valence-electron chi connectivity index (χ4n) is 3.05. The van der Waals surface area contributed by atoms with Crippen molar-refractivity contribution in [3.05, 3.63) is 35.4 Å². The molecule has 0 saturated carbocycles. The van der Waals surface area contributed by atoms with Gasteiger partial charge < -0.3 is 20.9 Å². The summed E-state index contributed by atoms with van der Waals surface area (Å²) < 4.78 is 0. The number of carbonyl (C=O) groups is 2. The van der Waals surface area contributed by atoms with E-state index in [2.05, 4.69) is 17.3 Å². The largest absolute Gasteiger partial charge is 0.344 e. The lowest BCUT2D eigenvalue weighted by atomic mass is 9.91. The Kier molecular flexibility index (Phi) is 6.96. The molecule has 0 aromatic heterocycles. The fourth-order valence-corrected chi connectivity index (χ4v) is 3.05. The average Bonchev–Trinajstić information content (AvgIpc) is 2.65. The normalized spacial score (nSPS) is 17.8. The molecule has 2 amide bonds. The van der Waals surface area contributed by atoms with Crippen molar-refractivity contribution in [2.45, 2.75) is 38.8 Å². The Bertz CT molecular complexity index is 580. The third-order valence-corrected chi connectivity index (χ3v) is 4.96. The summed E-state index contributed by atoms with van der Waals surface area (Å²) in [5, 5.41) is 2.93. The van der Waals surface area contributed by atoms with Crippen LogP contribution in [0.5, 0.6) is 0 Å². The molecular formula is C19H30N4O2. The van der Waals surface area contributed by atoms with Crippen LogP contribution in [0.2, 0.25) is 0 Å². The lowest BCUT2D eigenvalue weighted by Gasteiger charge is -2.36. The highest BCUT2D eigenvalue weighted by atomic mass is 16.2. The molecular weight excluding hydrogens is 316 g/mol. The molecule has 3 N–H and O–H groups in total. The van der Waals surface area contributed by atoms with Gasteiger partial charge in [0.2, 0.25) is 11.8 Å².